The zero-order valence-corrected chi connectivity index (χ0v) is 15.5. The van der Waals surface area contributed by atoms with Gasteiger partial charge in [0.1, 0.15) is 6.07 Å². The lowest BCUT2D eigenvalue weighted by atomic mass is 9.88. The Morgan fingerprint density at radius 2 is 1.58 bits per heavy atom. The Hall–Kier alpha value is -2.08. The summed E-state index contributed by atoms with van der Waals surface area (Å²) in [6.45, 7) is 8.46. The molecule has 0 aliphatic carbocycles. The van der Waals surface area contributed by atoms with Crippen molar-refractivity contribution in [1.29, 1.82) is 5.26 Å². The second kappa shape index (κ2) is 9.93. The maximum atomic E-state index is 11.3. The van der Waals surface area contributed by atoms with Crippen LogP contribution in [0.25, 0.3) is 0 Å². The Morgan fingerprint density at radius 1 is 1.04 bits per heavy atom. The number of rotatable bonds is 9. The zero-order chi connectivity index (χ0) is 18.1. The molecule has 3 nitrogen and oxygen atoms in total. The average Bonchev–Trinajstić information content (AvgIpc) is 2.58. The fraction of sp³-hybridized carbons (Fsp3) is 0.524. The molecule has 0 aliphatic rings. The Bertz CT molecular complexity index is 647. The van der Waals surface area contributed by atoms with Crippen molar-refractivity contribution in [1.82, 2.24) is 0 Å². The van der Waals surface area contributed by atoms with Crippen LogP contribution in [-0.2, 0) is 30.5 Å². The number of benzene rings is 1. The fourth-order valence-corrected chi connectivity index (χ4v) is 3.16. The van der Waals surface area contributed by atoms with Gasteiger partial charge in [0.05, 0.1) is 0 Å². The predicted octanol–water partition coefficient (Wildman–Crippen LogP) is 4.41. The maximum absolute atomic E-state index is 11.3. The number of aryl methyl sites for hydroxylation is 2. The van der Waals surface area contributed by atoms with Crippen LogP contribution in [0.4, 0.5) is 0 Å². The molecule has 0 unspecified atom stereocenters. The first-order valence-corrected chi connectivity index (χ1v) is 8.91. The lowest BCUT2D eigenvalue weighted by molar-refractivity contribution is -0.113. The summed E-state index contributed by atoms with van der Waals surface area (Å²) in [4.78, 5) is 11.3. The molecule has 0 fully saturated rings. The van der Waals surface area contributed by atoms with E-state index in [2.05, 4.69) is 39.8 Å². The number of hydrogen-bond donors (Lipinski definition) is 1. The highest BCUT2D eigenvalue weighted by atomic mass is 16.1. The largest absolute Gasteiger partial charge is 0.402 e. The van der Waals surface area contributed by atoms with Gasteiger partial charge in [0.2, 0.25) is 5.78 Å². The standard InChI is InChI=1S/C21H30N2O/c1-5-19-16(8-7-9-21(23)15(3)4)10-11-17(20(19)6-2)12-13-18(24)14-22/h10-11H,5-9,12-13,23H2,1-4H3. The minimum atomic E-state index is -0.337. The summed E-state index contributed by atoms with van der Waals surface area (Å²) < 4.78 is 0. The van der Waals surface area contributed by atoms with E-state index in [9.17, 15) is 4.79 Å². The number of Topliss-reactive ketones (excluding diaryl/α,β-unsaturated/α-hetero) is 1. The van der Waals surface area contributed by atoms with Crippen molar-refractivity contribution in [2.75, 3.05) is 0 Å². The quantitative estimate of drug-likeness (QED) is 0.683. The summed E-state index contributed by atoms with van der Waals surface area (Å²) in [5.41, 5.74) is 13.6. The second-order valence-electron chi connectivity index (χ2n) is 6.46. The van der Waals surface area contributed by atoms with Crippen molar-refractivity contribution >= 4 is 5.78 Å². The average molecular weight is 326 g/mol. The van der Waals surface area contributed by atoms with Gasteiger partial charge in [-0.15, -0.1) is 0 Å². The highest BCUT2D eigenvalue weighted by Gasteiger charge is 2.12. The minimum Gasteiger partial charge on any atom is -0.402 e. The first-order chi connectivity index (χ1) is 11.4. The van der Waals surface area contributed by atoms with Crippen LogP contribution in [-0.4, -0.2) is 5.78 Å². The normalized spacial score (nSPS) is 10.3. The first kappa shape index (κ1) is 20.0. The minimum absolute atomic E-state index is 0.309. The number of allylic oxidation sites excluding steroid dienone is 2. The van der Waals surface area contributed by atoms with Gasteiger partial charge in [-0.05, 0) is 74.6 Å². The van der Waals surface area contributed by atoms with E-state index < -0.39 is 0 Å². The van der Waals surface area contributed by atoms with E-state index in [1.54, 1.807) is 6.07 Å². The molecule has 0 bridgehead atoms. The van der Waals surface area contributed by atoms with Gasteiger partial charge in [0.15, 0.2) is 0 Å². The topological polar surface area (TPSA) is 66.9 Å². The molecule has 0 saturated heterocycles. The van der Waals surface area contributed by atoms with Gasteiger partial charge in [-0.25, -0.2) is 0 Å². The van der Waals surface area contributed by atoms with E-state index >= 15 is 0 Å². The fourth-order valence-electron chi connectivity index (χ4n) is 3.16. The lowest BCUT2D eigenvalue weighted by Gasteiger charge is -2.17. The van der Waals surface area contributed by atoms with Gasteiger partial charge in [-0.2, -0.15) is 5.26 Å². The smallest absolute Gasteiger partial charge is 0.232 e. The third-order valence-corrected chi connectivity index (χ3v) is 4.61. The van der Waals surface area contributed by atoms with Gasteiger partial charge in [-0.3, -0.25) is 4.79 Å². The zero-order valence-electron chi connectivity index (χ0n) is 15.5. The third-order valence-electron chi connectivity index (χ3n) is 4.61. The van der Waals surface area contributed by atoms with Crippen molar-refractivity contribution in [3.63, 3.8) is 0 Å². The Balaban J connectivity index is 2.93. The summed E-state index contributed by atoms with van der Waals surface area (Å²) in [5, 5.41) is 8.65. The molecule has 1 aromatic carbocycles. The SMILES string of the molecule is CCc1c(CCCC(N)=C(C)C)ccc(CCC(=O)C#N)c1CC. The van der Waals surface area contributed by atoms with Gasteiger partial charge < -0.3 is 5.73 Å². The number of nitriles is 1. The van der Waals surface area contributed by atoms with E-state index in [1.807, 2.05) is 0 Å². The Labute approximate surface area is 146 Å². The van der Waals surface area contributed by atoms with Crippen LogP contribution in [0, 0.1) is 11.3 Å². The molecular formula is C21H30N2O. The van der Waals surface area contributed by atoms with Crippen LogP contribution in [0.1, 0.15) is 69.2 Å². The molecule has 3 heteroatoms. The third kappa shape index (κ3) is 5.53. The molecule has 24 heavy (non-hydrogen) atoms. The number of nitrogens with zero attached hydrogens (tertiary/aromatic N) is 1. The van der Waals surface area contributed by atoms with Crippen molar-refractivity contribution in [3.05, 3.63) is 45.7 Å². The number of carbonyl (C=O) groups excluding carboxylic acids is 1. The van der Waals surface area contributed by atoms with Gasteiger partial charge >= 0.3 is 0 Å². The van der Waals surface area contributed by atoms with Crippen molar-refractivity contribution in [2.24, 2.45) is 5.73 Å². The number of carbonyl (C=O) groups is 1. The Kier molecular flexibility index (Phi) is 8.26. The molecular weight excluding hydrogens is 296 g/mol. The van der Waals surface area contributed by atoms with E-state index in [0.29, 0.717) is 12.8 Å². The van der Waals surface area contributed by atoms with Crippen molar-refractivity contribution in [2.45, 2.75) is 72.6 Å². The summed E-state index contributed by atoms with van der Waals surface area (Å²) >= 11 is 0. The van der Waals surface area contributed by atoms with E-state index in [0.717, 1.165) is 37.8 Å². The van der Waals surface area contributed by atoms with Crippen LogP contribution in [0.15, 0.2) is 23.4 Å². The molecule has 1 rings (SSSR count). The summed E-state index contributed by atoms with van der Waals surface area (Å²) in [7, 11) is 0. The van der Waals surface area contributed by atoms with Crippen LogP contribution in [0.2, 0.25) is 0 Å². The number of hydrogen-bond acceptors (Lipinski definition) is 3. The second-order valence-corrected chi connectivity index (χ2v) is 6.46. The van der Waals surface area contributed by atoms with E-state index in [1.165, 1.54) is 27.8 Å². The Morgan fingerprint density at radius 3 is 2.04 bits per heavy atom. The van der Waals surface area contributed by atoms with E-state index in [4.69, 9.17) is 11.0 Å². The molecule has 130 valence electrons. The molecule has 0 heterocycles. The van der Waals surface area contributed by atoms with Crippen LogP contribution in [0.3, 0.4) is 0 Å². The summed E-state index contributed by atoms with van der Waals surface area (Å²) in [5.74, 6) is -0.337. The molecule has 2 N–H and O–H groups in total. The molecule has 0 atom stereocenters. The highest BCUT2D eigenvalue weighted by molar-refractivity contribution is 5.93. The molecule has 0 radical (unpaired) electrons. The van der Waals surface area contributed by atoms with Gasteiger partial charge in [0.25, 0.3) is 0 Å². The first-order valence-electron chi connectivity index (χ1n) is 8.91. The van der Waals surface area contributed by atoms with Gasteiger partial charge in [-0.1, -0.05) is 31.6 Å². The molecule has 0 spiro atoms. The maximum Gasteiger partial charge on any atom is 0.232 e. The predicted molar refractivity (Wildman–Crippen MR) is 99.6 cm³/mol. The molecule has 0 aliphatic heterocycles. The van der Waals surface area contributed by atoms with Crippen LogP contribution in [0.5, 0.6) is 0 Å². The van der Waals surface area contributed by atoms with Crippen LogP contribution >= 0.6 is 0 Å². The molecule has 0 amide bonds. The van der Waals surface area contributed by atoms with Gasteiger partial charge in [0, 0.05) is 12.1 Å². The summed E-state index contributed by atoms with van der Waals surface area (Å²) in [6.07, 6.45) is 5.95. The van der Waals surface area contributed by atoms with Crippen molar-refractivity contribution < 1.29 is 4.79 Å². The van der Waals surface area contributed by atoms with E-state index in [-0.39, 0.29) is 5.78 Å². The molecule has 1 aromatic rings. The summed E-state index contributed by atoms with van der Waals surface area (Å²) in [6, 6.07) is 6.04. The van der Waals surface area contributed by atoms with Crippen LogP contribution < -0.4 is 5.73 Å². The lowest BCUT2D eigenvalue weighted by Crippen LogP contribution is -2.06. The molecule has 0 saturated carbocycles. The molecule has 0 aromatic heterocycles. The number of nitrogens with two attached hydrogens (primary N) is 1. The highest BCUT2D eigenvalue weighted by Crippen LogP contribution is 2.24. The number of ketones is 1. The monoisotopic (exact) mass is 326 g/mol. The van der Waals surface area contributed by atoms with Crippen molar-refractivity contribution in [3.8, 4) is 6.07 Å².